The van der Waals surface area contributed by atoms with Crippen molar-refractivity contribution in [1.82, 2.24) is 9.80 Å². The summed E-state index contributed by atoms with van der Waals surface area (Å²) in [6.45, 7) is 3.27. The van der Waals surface area contributed by atoms with E-state index in [1.165, 1.54) is 6.92 Å². The number of methoxy groups -OCH3 is 4. The summed E-state index contributed by atoms with van der Waals surface area (Å²) in [6, 6.07) is 21.4. The number of ether oxygens (including phenoxy) is 5. The Hall–Kier alpha value is -3.95. The van der Waals surface area contributed by atoms with Crippen LogP contribution in [0.25, 0.3) is 0 Å². The van der Waals surface area contributed by atoms with Gasteiger partial charge in [-0.15, -0.1) is 12.4 Å². The number of carbonyl (C=O) groups is 2. The van der Waals surface area contributed by atoms with Crippen LogP contribution in [0.4, 0.5) is 5.69 Å². The van der Waals surface area contributed by atoms with Gasteiger partial charge in [0.2, 0.25) is 0 Å². The molecule has 43 heavy (non-hydrogen) atoms. The molecule has 1 amide bonds. The summed E-state index contributed by atoms with van der Waals surface area (Å²) < 4.78 is 27.9. The van der Waals surface area contributed by atoms with Crippen LogP contribution in [0.1, 0.15) is 24.5 Å². The van der Waals surface area contributed by atoms with E-state index in [4.69, 9.17) is 23.7 Å². The van der Waals surface area contributed by atoms with E-state index in [0.717, 1.165) is 36.3 Å². The number of likely N-dealkylation sites (N-methyl/N-ethyl adjacent to an activating group) is 1. The highest BCUT2D eigenvalue weighted by Gasteiger charge is 2.27. The number of amides is 1. The van der Waals surface area contributed by atoms with Crippen LogP contribution in [0.5, 0.6) is 23.0 Å². The van der Waals surface area contributed by atoms with Crippen molar-refractivity contribution in [2.75, 3.05) is 55.1 Å². The summed E-state index contributed by atoms with van der Waals surface area (Å²) in [6.07, 6.45) is 0.905. The molecule has 9 nitrogen and oxygen atoms in total. The summed E-state index contributed by atoms with van der Waals surface area (Å²) >= 11 is 0. The van der Waals surface area contributed by atoms with Crippen molar-refractivity contribution in [3.05, 3.63) is 77.9 Å². The zero-order chi connectivity index (χ0) is 30.5. The molecule has 0 aliphatic rings. The molecule has 0 radical (unpaired) electrons. The van der Waals surface area contributed by atoms with Crippen molar-refractivity contribution in [3.8, 4) is 23.0 Å². The van der Waals surface area contributed by atoms with Gasteiger partial charge in [-0.3, -0.25) is 14.1 Å². The van der Waals surface area contributed by atoms with Gasteiger partial charge in [0, 0.05) is 44.9 Å². The zero-order valence-corrected chi connectivity index (χ0v) is 26.7. The van der Waals surface area contributed by atoms with E-state index < -0.39 is 12.1 Å². The molecule has 2 atom stereocenters. The molecule has 234 valence electrons. The van der Waals surface area contributed by atoms with Crippen molar-refractivity contribution in [2.24, 2.45) is 0 Å². The first kappa shape index (κ1) is 35.2. The Bertz CT molecular complexity index is 1320. The molecule has 3 aromatic rings. The molecule has 0 spiro atoms. The highest BCUT2D eigenvalue weighted by atomic mass is 35.5. The molecule has 3 aromatic carbocycles. The number of nitrogens with one attached hydrogen (secondary N) is 1. The van der Waals surface area contributed by atoms with Crippen LogP contribution in [0.15, 0.2) is 66.7 Å². The summed E-state index contributed by atoms with van der Waals surface area (Å²) in [4.78, 5) is 24.7. The van der Waals surface area contributed by atoms with Crippen LogP contribution < -0.4 is 28.7 Å². The molecule has 3 rings (SSSR count). The third-order valence-corrected chi connectivity index (χ3v) is 7.32. The summed E-state index contributed by atoms with van der Waals surface area (Å²) in [5.41, 5.74) is 3.10. The summed E-state index contributed by atoms with van der Waals surface area (Å²) in [5, 5.41) is 2.97. The number of hydrogen-bond acceptors (Lipinski definition) is 7. The van der Waals surface area contributed by atoms with Gasteiger partial charge in [-0.05, 0) is 29.3 Å². The molecule has 2 unspecified atom stereocenters. The number of esters is 1. The van der Waals surface area contributed by atoms with Crippen LogP contribution in [0.3, 0.4) is 0 Å². The quantitative estimate of drug-likeness (QED) is 0.138. The molecule has 0 heterocycles. The van der Waals surface area contributed by atoms with Gasteiger partial charge in [0.25, 0.3) is 5.91 Å². The van der Waals surface area contributed by atoms with Crippen molar-refractivity contribution < 1.29 is 33.3 Å². The molecule has 0 aliphatic carbocycles. The van der Waals surface area contributed by atoms with Crippen LogP contribution in [0, 0.1) is 0 Å². The van der Waals surface area contributed by atoms with Gasteiger partial charge >= 0.3 is 5.97 Å². The minimum atomic E-state index is -0.887. The first-order chi connectivity index (χ1) is 20.2. The van der Waals surface area contributed by atoms with Gasteiger partial charge in [-0.1, -0.05) is 36.4 Å². The first-order valence-corrected chi connectivity index (χ1v) is 14.0. The Morgan fingerprint density at radius 2 is 1.37 bits per heavy atom. The van der Waals surface area contributed by atoms with Crippen LogP contribution in [0.2, 0.25) is 0 Å². The third kappa shape index (κ3) is 10.1. The molecule has 0 aliphatic heterocycles. The maximum absolute atomic E-state index is 13.0. The largest absolute Gasteiger partial charge is 0.493 e. The zero-order valence-electron chi connectivity index (χ0n) is 25.9. The smallest absolute Gasteiger partial charge is 0.303 e. The Morgan fingerprint density at radius 1 is 0.767 bits per heavy atom. The number of quaternary nitrogens is 1. The Morgan fingerprint density at radius 3 is 1.98 bits per heavy atom. The Labute approximate surface area is 261 Å². The first-order valence-electron chi connectivity index (χ1n) is 14.0. The van der Waals surface area contributed by atoms with Crippen molar-refractivity contribution in [2.45, 2.75) is 32.3 Å². The highest BCUT2D eigenvalue weighted by molar-refractivity contribution is 5.85. The van der Waals surface area contributed by atoms with Gasteiger partial charge < -0.3 is 29.0 Å². The van der Waals surface area contributed by atoms with Gasteiger partial charge in [-0.25, -0.2) is 0 Å². The molecule has 0 fully saturated rings. The number of halogens is 1. The maximum Gasteiger partial charge on any atom is 0.303 e. The standard InChI is InChI=1S/C33H42N2O7.ClH/c1-24(36)42-32(22-25-11-8-7-9-12-25)33(37)34-18-10-19-35(2,27-14-16-29(39-4)31(23-27)41-6)20-17-26-13-15-28(38-3)30(21-26)40-5;/h7-9,11-16,21,23,32H,10,17-20,22H2,1-6H3;1H/p+1. The molecular weight excluding hydrogens is 572 g/mol. The van der Waals surface area contributed by atoms with Gasteiger partial charge in [0.1, 0.15) is 5.69 Å². The fourth-order valence-electron chi connectivity index (χ4n) is 4.91. The van der Waals surface area contributed by atoms with Crippen molar-refractivity contribution in [1.29, 1.82) is 0 Å². The fourth-order valence-corrected chi connectivity index (χ4v) is 4.91. The Kier molecular flexibility index (Phi) is 14.1. The van der Waals surface area contributed by atoms with Crippen LogP contribution in [-0.4, -0.2) is 73.1 Å². The number of benzene rings is 3. The molecule has 0 bridgehead atoms. The molecule has 1 N–H and O–H groups in total. The predicted octanol–water partition coefficient (Wildman–Crippen LogP) is 5.00. The van der Waals surface area contributed by atoms with Gasteiger partial charge in [0.15, 0.2) is 29.1 Å². The van der Waals surface area contributed by atoms with Crippen molar-refractivity contribution in [3.63, 3.8) is 0 Å². The topological polar surface area (TPSA) is 92.3 Å². The lowest BCUT2D eigenvalue weighted by Crippen LogP contribution is -2.48. The average Bonchev–Trinajstić information content (AvgIpc) is 3.01. The van der Waals surface area contributed by atoms with E-state index in [0.29, 0.717) is 46.9 Å². The molecule has 0 aromatic heterocycles. The minimum Gasteiger partial charge on any atom is -0.493 e. The second kappa shape index (κ2) is 17.2. The number of rotatable bonds is 16. The summed E-state index contributed by atoms with van der Waals surface area (Å²) in [5.74, 6) is 1.90. The Balaban J connectivity index is 0.00000645. The predicted molar refractivity (Wildman–Crippen MR) is 171 cm³/mol. The van der Waals surface area contributed by atoms with E-state index in [2.05, 4.69) is 12.4 Å². The van der Waals surface area contributed by atoms with Gasteiger partial charge in [-0.2, -0.15) is 0 Å². The van der Waals surface area contributed by atoms with E-state index in [-0.39, 0.29) is 18.3 Å². The minimum absolute atomic E-state index is 0. The van der Waals surface area contributed by atoms with E-state index in [9.17, 15) is 9.59 Å². The molecule has 10 heteroatoms. The van der Waals surface area contributed by atoms with Gasteiger partial charge in [0.05, 0.1) is 48.6 Å². The monoisotopic (exact) mass is 615 g/mol. The highest BCUT2D eigenvalue weighted by Crippen LogP contribution is 2.34. The number of hydrogen-bond donors (Lipinski definition) is 1. The maximum atomic E-state index is 13.0. The normalized spacial score (nSPS) is 12.6. The molecule has 0 saturated heterocycles. The summed E-state index contributed by atoms with van der Waals surface area (Å²) in [7, 11) is 8.66. The molecule has 0 saturated carbocycles. The second-order valence-electron chi connectivity index (χ2n) is 10.3. The van der Waals surface area contributed by atoms with E-state index in [1.54, 1.807) is 28.4 Å². The SMILES string of the molecule is COc1ccc(CC[N+](C)(CCCNC(=O)C(Cc2ccccc2)OC(C)=O)c2ccc(OC)c(OC)c2)cc1OC.Cl. The molecular formula is C33H44ClN2O7+. The fraction of sp³-hybridized carbons (Fsp3) is 0.394. The van der Waals surface area contributed by atoms with E-state index in [1.807, 2.05) is 66.7 Å². The lowest BCUT2D eigenvalue weighted by molar-refractivity contribution is -0.153. The number of nitrogens with zero attached hydrogens (tertiary/aromatic N) is 1. The van der Waals surface area contributed by atoms with Crippen LogP contribution in [-0.2, 0) is 27.2 Å². The van der Waals surface area contributed by atoms with Crippen molar-refractivity contribution >= 4 is 30.0 Å². The second-order valence-corrected chi connectivity index (χ2v) is 10.3. The number of carbonyl (C=O) groups excluding carboxylic acids is 2. The van der Waals surface area contributed by atoms with E-state index >= 15 is 0 Å². The lowest BCUT2D eigenvalue weighted by atomic mass is 10.1. The van der Waals surface area contributed by atoms with Crippen LogP contribution >= 0.6 is 12.4 Å². The third-order valence-electron chi connectivity index (χ3n) is 7.32. The lowest BCUT2D eigenvalue weighted by Gasteiger charge is -2.35. The average molecular weight is 616 g/mol.